The molecule has 0 heterocycles. The molecule has 5 N–H and O–H groups in total. The Balaban J connectivity index is 5.01. The Morgan fingerprint density at radius 2 is 1.58 bits per heavy atom. The average Bonchev–Trinajstić information content (AvgIpc) is 1.86. The van der Waals surface area contributed by atoms with Gasteiger partial charge in [-0.05, 0) is 20.8 Å². The van der Waals surface area contributed by atoms with Crippen molar-refractivity contribution in [3.05, 3.63) is 0 Å². The van der Waals surface area contributed by atoms with Gasteiger partial charge in [-0.1, -0.05) is 0 Å². The van der Waals surface area contributed by atoms with E-state index in [-0.39, 0.29) is 0 Å². The molecule has 0 fully saturated rings. The van der Waals surface area contributed by atoms with Crippen molar-refractivity contribution >= 4 is 11.9 Å². The fourth-order valence-electron chi connectivity index (χ4n) is 0.523. The van der Waals surface area contributed by atoms with E-state index in [1.807, 2.05) is 0 Å². The molecule has 5 heteroatoms. The molecule has 70 valence electrons. The summed E-state index contributed by atoms with van der Waals surface area (Å²) in [4.78, 5) is 21.5. The van der Waals surface area contributed by atoms with Crippen molar-refractivity contribution in [3.63, 3.8) is 0 Å². The molecule has 0 bridgehead atoms. The van der Waals surface area contributed by atoms with Crippen LogP contribution in [-0.2, 0) is 9.59 Å². The fraction of sp³-hybridized carbons (Fsp3) is 0.714. The smallest absolute Gasteiger partial charge is 0.324 e. The SMILES string of the molecule is CC(C)(C(N)=O)[C@](C)(N)C(=O)O. The number of carbonyl (C=O) groups excluding carboxylic acids is 1. The van der Waals surface area contributed by atoms with Crippen LogP contribution in [0.3, 0.4) is 0 Å². The Morgan fingerprint density at radius 3 is 1.67 bits per heavy atom. The highest BCUT2D eigenvalue weighted by atomic mass is 16.4. The maximum absolute atomic E-state index is 10.9. The Labute approximate surface area is 70.7 Å². The van der Waals surface area contributed by atoms with Gasteiger partial charge in [0.15, 0.2) is 0 Å². The highest BCUT2D eigenvalue weighted by Crippen LogP contribution is 2.28. The van der Waals surface area contributed by atoms with Gasteiger partial charge in [-0.3, -0.25) is 9.59 Å². The zero-order valence-corrected chi connectivity index (χ0v) is 7.42. The van der Waals surface area contributed by atoms with Gasteiger partial charge in [0.05, 0.1) is 5.41 Å². The van der Waals surface area contributed by atoms with Gasteiger partial charge in [-0.25, -0.2) is 0 Å². The molecule has 0 radical (unpaired) electrons. The van der Waals surface area contributed by atoms with E-state index in [1.165, 1.54) is 20.8 Å². The minimum Gasteiger partial charge on any atom is -0.480 e. The molecule has 0 aromatic heterocycles. The number of nitrogens with two attached hydrogens (primary N) is 2. The van der Waals surface area contributed by atoms with Crippen LogP contribution in [0.2, 0.25) is 0 Å². The summed E-state index contributed by atoms with van der Waals surface area (Å²) in [6.45, 7) is 4.08. The molecule has 0 aliphatic heterocycles. The van der Waals surface area contributed by atoms with Gasteiger partial charge in [0, 0.05) is 0 Å². The topological polar surface area (TPSA) is 106 Å². The molecule has 12 heavy (non-hydrogen) atoms. The number of carbonyl (C=O) groups is 2. The van der Waals surface area contributed by atoms with Crippen molar-refractivity contribution in [1.29, 1.82) is 0 Å². The van der Waals surface area contributed by atoms with E-state index >= 15 is 0 Å². The monoisotopic (exact) mass is 174 g/mol. The van der Waals surface area contributed by atoms with E-state index in [9.17, 15) is 9.59 Å². The molecule has 0 saturated heterocycles. The number of primary amides is 1. The number of amides is 1. The summed E-state index contributed by atoms with van der Waals surface area (Å²) in [5.74, 6) is -1.97. The highest BCUT2D eigenvalue weighted by Gasteiger charge is 2.48. The first-order chi connectivity index (χ1) is 5.14. The van der Waals surface area contributed by atoms with Crippen LogP contribution in [0.15, 0.2) is 0 Å². The summed E-state index contributed by atoms with van der Waals surface area (Å²) >= 11 is 0. The molecule has 0 unspecified atom stereocenters. The second kappa shape index (κ2) is 2.75. The number of aliphatic carboxylic acids is 1. The Hall–Kier alpha value is -1.10. The first-order valence-electron chi connectivity index (χ1n) is 3.46. The molecule has 0 aliphatic carbocycles. The van der Waals surface area contributed by atoms with Crippen LogP contribution in [0.5, 0.6) is 0 Å². The van der Waals surface area contributed by atoms with Crippen LogP contribution >= 0.6 is 0 Å². The third-order valence-corrected chi connectivity index (χ3v) is 2.36. The average molecular weight is 174 g/mol. The Kier molecular flexibility index (Phi) is 2.49. The Bertz CT molecular complexity index is 197. The number of hydrogen-bond acceptors (Lipinski definition) is 3. The van der Waals surface area contributed by atoms with Crippen LogP contribution in [0.25, 0.3) is 0 Å². The largest absolute Gasteiger partial charge is 0.480 e. The van der Waals surface area contributed by atoms with Gasteiger partial charge in [-0.2, -0.15) is 0 Å². The van der Waals surface area contributed by atoms with Gasteiger partial charge < -0.3 is 16.6 Å². The zero-order valence-electron chi connectivity index (χ0n) is 7.42. The second-order valence-corrected chi connectivity index (χ2v) is 3.50. The van der Waals surface area contributed by atoms with Crippen molar-refractivity contribution in [3.8, 4) is 0 Å². The summed E-state index contributed by atoms with van der Waals surface area (Å²) in [7, 11) is 0. The van der Waals surface area contributed by atoms with Crippen LogP contribution in [0.1, 0.15) is 20.8 Å². The minimum atomic E-state index is -1.64. The lowest BCUT2D eigenvalue weighted by molar-refractivity contribution is -0.151. The third kappa shape index (κ3) is 1.40. The number of rotatable bonds is 3. The highest BCUT2D eigenvalue weighted by molar-refractivity contribution is 5.91. The first kappa shape index (κ1) is 10.9. The summed E-state index contributed by atoms with van der Waals surface area (Å²) in [5, 5.41) is 8.69. The van der Waals surface area contributed by atoms with Crippen molar-refractivity contribution < 1.29 is 14.7 Å². The van der Waals surface area contributed by atoms with Gasteiger partial charge in [0.1, 0.15) is 5.54 Å². The van der Waals surface area contributed by atoms with Crippen molar-refractivity contribution in [2.45, 2.75) is 26.3 Å². The number of hydrogen-bond donors (Lipinski definition) is 3. The molecular formula is C7H14N2O3. The molecule has 1 atom stereocenters. The molecule has 0 aromatic rings. The van der Waals surface area contributed by atoms with Crippen LogP contribution in [0, 0.1) is 5.41 Å². The lowest BCUT2D eigenvalue weighted by Gasteiger charge is -2.34. The van der Waals surface area contributed by atoms with Crippen LogP contribution in [0.4, 0.5) is 0 Å². The molecule has 5 nitrogen and oxygen atoms in total. The summed E-state index contributed by atoms with van der Waals surface area (Å²) in [6, 6.07) is 0. The first-order valence-corrected chi connectivity index (χ1v) is 3.46. The van der Waals surface area contributed by atoms with Gasteiger partial charge in [0.2, 0.25) is 5.91 Å². The van der Waals surface area contributed by atoms with E-state index in [0.29, 0.717) is 0 Å². The van der Waals surface area contributed by atoms with Crippen molar-refractivity contribution in [2.75, 3.05) is 0 Å². The molecule has 0 aliphatic rings. The third-order valence-electron chi connectivity index (χ3n) is 2.36. The van der Waals surface area contributed by atoms with Crippen LogP contribution < -0.4 is 11.5 Å². The second-order valence-electron chi connectivity index (χ2n) is 3.50. The standard InChI is InChI=1S/C7H14N2O3/c1-6(2,4(8)10)7(3,9)5(11)12/h9H2,1-3H3,(H2,8,10)(H,11,12)/t7-/m1/s1. The van der Waals surface area contributed by atoms with Gasteiger partial charge >= 0.3 is 5.97 Å². The molecule has 0 aromatic carbocycles. The van der Waals surface area contributed by atoms with E-state index in [0.717, 1.165) is 0 Å². The van der Waals surface area contributed by atoms with E-state index in [1.54, 1.807) is 0 Å². The van der Waals surface area contributed by atoms with E-state index in [2.05, 4.69) is 0 Å². The molecule has 0 rings (SSSR count). The maximum atomic E-state index is 10.9. The quantitative estimate of drug-likeness (QED) is 0.525. The molecule has 1 amide bonds. The number of carboxylic acid groups (broad SMARTS) is 1. The normalized spacial score (nSPS) is 16.7. The number of carboxylic acids is 1. The molecule has 0 spiro atoms. The lowest BCUT2D eigenvalue weighted by atomic mass is 9.73. The minimum absolute atomic E-state index is 0.727. The van der Waals surface area contributed by atoms with E-state index < -0.39 is 22.8 Å². The summed E-state index contributed by atoms with van der Waals surface area (Å²) in [5.41, 5.74) is 7.54. The van der Waals surface area contributed by atoms with Crippen molar-refractivity contribution in [2.24, 2.45) is 16.9 Å². The summed E-state index contributed by atoms with van der Waals surface area (Å²) in [6.07, 6.45) is 0. The lowest BCUT2D eigenvalue weighted by Crippen LogP contribution is -2.61. The van der Waals surface area contributed by atoms with E-state index in [4.69, 9.17) is 16.6 Å². The molecule has 0 saturated carbocycles. The predicted octanol–water partition coefficient (Wildman–Crippen LogP) is -0.700. The Morgan fingerprint density at radius 1 is 1.25 bits per heavy atom. The van der Waals surface area contributed by atoms with Crippen molar-refractivity contribution in [1.82, 2.24) is 0 Å². The fourth-order valence-corrected chi connectivity index (χ4v) is 0.523. The maximum Gasteiger partial charge on any atom is 0.324 e. The zero-order chi connectivity index (χ0) is 10.2. The van der Waals surface area contributed by atoms with Gasteiger partial charge in [0.25, 0.3) is 0 Å². The predicted molar refractivity (Wildman–Crippen MR) is 43.2 cm³/mol. The van der Waals surface area contributed by atoms with Gasteiger partial charge in [-0.15, -0.1) is 0 Å². The summed E-state index contributed by atoms with van der Waals surface area (Å²) < 4.78 is 0. The molecular weight excluding hydrogens is 160 g/mol. The van der Waals surface area contributed by atoms with Crippen LogP contribution in [-0.4, -0.2) is 22.5 Å².